The molecular formula is C30H39N9O2. The summed E-state index contributed by atoms with van der Waals surface area (Å²) < 4.78 is 1.72. The number of nitrogens with one attached hydrogen (secondary N) is 3. The second kappa shape index (κ2) is 13.0. The van der Waals surface area contributed by atoms with Crippen LogP contribution in [0.3, 0.4) is 0 Å². The molecule has 0 radical (unpaired) electrons. The topological polar surface area (TPSA) is 153 Å². The van der Waals surface area contributed by atoms with Crippen molar-refractivity contribution < 1.29 is 9.59 Å². The third-order valence-electron chi connectivity index (χ3n) is 8.25. The summed E-state index contributed by atoms with van der Waals surface area (Å²) in [6, 6.07) is 8.90. The van der Waals surface area contributed by atoms with Gasteiger partial charge in [-0.05, 0) is 99.4 Å². The first-order chi connectivity index (χ1) is 20.0. The van der Waals surface area contributed by atoms with Gasteiger partial charge in [0.25, 0.3) is 5.91 Å². The summed E-state index contributed by atoms with van der Waals surface area (Å²) in [7, 11) is 0. The van der Waals surface area contributed by atoms with Gasteiger partial charge in [-0.2, -0.15) is 10.2 Å². The molecule has 0 spiro atoms. The number of H-pyrrole nitrogens is 1. The molecule has 216 valence electrons. The summed E-state index contributed by atoms with van der Waals surface area (Å²) in [5.41, 5.74) is 13.6. The average Bonchev–Trinajstić information content (AvgIpc) is 3.90. The molecule has 11 heteroatoms. The number of aromatic amines is 1. The zero-order valence-electron chi connectivity index (χ0n) is 23.8. The lowest BCUT2D eigenvalue weighted by molar-refractivity contribution is -0.119. The lowest BCUT2D eigenvalue weighted by Crippen LogP contribution is -2.50. The Balaban J connectivity index is 1.25. The SMILES string of the molecule is Cc1n[nH]c(C)c1-c1ccc(NC(=O)[C@@H](NC(=O)c2ccnn2CCCCCCN=[N+]=[N-])C(C2CC2)C2CC2)cc1. The minimum atomic E-state index is -0.607. The van der Waals surface area contributed by atoms with E-state index in [9.17, 15) is 9.59 Å². The summed E-state index contributed by atoms with van der Waals surface area (Å²) in [5.74, 6) is 0.656. The Labute approximate surface area is 240 Å². The van der Waals surface area contributed by atoms with Gasteiger partial charge in [0.2, 0.25) is 5.91 Å². The fraction of sp³-hybridized carbons (Fsp3) is 0.533. The monoisotopic (exact) mass is 557 g/mol. The van der Waals surface area contributed by atoms with Gasteiger partial charge in [0.15, 0.2) is 0 Å². The fourth-order valence-corrected chi connectivity index (χ4v) is 5.91. The van der Waals surface area contributed by atoms with Crippen molar-refractivity contribution in [3.63, 3.8) is 0 Å². The van der Waals surface area contributed by atoms with Crippen LogP contribution in [0.5, 0.6) is 0 Å². The van der Waals surface area contributed by atoms with Gasteiger partial charge in [0.05, 0.1) is 5.69 Å². The first-order valence-electron chi connectivity index (χ1n) is 14.7. The highest BCUT2D eigenvalue weighted by Crippen LogP contribution is 2.51. The van der Waals surface area contributed by atoms with Gasteiger partial charge in [-0.3, -0.25) is 19.4 Å². The average molecular weight is 558 g/mol. The number of nitrogens with zero attached hydrogens (tertiary/aromatic N) is 6. The maximum absolute atomic E-state index is 13.8. The maximum atomic E-state index is 13.8. The second-order valence-corrected chi connectivity index (χ2v) is 11.4. The molecule has 11 nitrogen and oxygen atoms in total. The van der Waals surface area contributed by atoms with Crippen LogP contribution in [0.1, 0.15) is 73.2 Å². The Kier molecular flexibility index (Phi) is 9.04. The van der Waals surface area contributed by atoms with E-state index in [2.05, 4.69) is 36.0 Å². The van der Waals surface area contributed by atoms with Crippen LogP contribution in [0.2, 0.25) is 0 Å². The lowest BCUT2D eigenvalue weighted by atomic mass is 9.88. The van der Waals surface area contributed by atoms with Crippen LogP contribution in [-0.4, -0.2) is 44.4 Å². The quantitative estimate of drug-likeness (QED) is 0.0916. The summed E-state index contributed by atoms with van der Waals surface area (Å²) in [4.78, 5) is 30.1. The van der Waals surface area contributed by atoms with Crippen molar-refractivity contribution in [1.82, 2.24) is 25.3 Å². The smallest absolute Gasteiger partial charge is 0.270 e. The van der Waals surface area contributed by atoms with Crippen LogP contribution >= 0.6 is 0 Å². The van der Waals surface area contributed by atoms with Crippen LogP contribution in [0.15, 0.2) is 41.6 Å². The van der Waals surface area contributed by atoms with Crippen molar-refractivity contribution in [2.45, 2.75) is 77.8 Å². The van der Waals surface area contributed by atoms with E-state index in [4.69, 9.17) is 5.53 Å². The number of carbonyl (C=O) groups is 2. The van der Waals surface area contributed by atoms with E-state index in [0.29, 0.717) is 36.3 Å². The second-order valence-electron chi connectivity index (χ2n) is 11.4. The molecule has 0 unspecified atom stereocenters. The van der Waals surface area contributed by atoms with Gasteiger partial charge in [-0.1, -0.05) is 30.1 Å². The van der Waals surface area contributed by atoms with Crippen LogP contribution in [0.25, 0.3) is 21.6 Å². The molecule has 0 saturated heterocycles. The minimum Gasteiger partial charge on any atom is -0.339 e. The largest absolute Gasteiger partial charge is 0.339 e. The molecule has 2 fully saturated rings. The van der Waals surface area contributed by atoms with Crippen molar-refractivity contribution in [3.05, 3.63) is 64.1 Å². The molecular weight excluding hydrogens is 518 g/mol. The van der Waals surface area contributed by atoms with E-state index in [-0.39, 0.29) is 17.7 Å². The zero-order chi connectivity index (χ0) is 28.8. The molecule has 1 atom stereocenters. The molecule has 2 saturated carbocycles. The molecule has 41 heavy (non-hydrogen) atoms. The third-order valence-corrected chi connectivity index (χ3v) is 8.25. The molecule has 3 N–H and O–H groups in total. The molecule has 0 bridgehead atoms. The standard InChI is InChI=1S/C30H39N9O2/c1-19-26(20(2)37-36-19)21-11-13-24(14-12-21)34-30(41)28(27(22-7-8-22)23-9-10-23)35-29(40)25-15-17-33-39(25)18-6-4-3-5-16-32-38-31/h11-15,17,22-23,27-28H,3-10,16,18H2,1-2H3,(H,34,41)(H,35,40)(H,36,37)/t28-/m0/s1. The van der Waals surface area contributed by atoms with Crippen LogP contribution in [-0.2, 0) is 11.3 Å². The number of rotatable bonds is 15. The van der Waals surface area contributed by atoms with Gasteiger partial charge in [0, 0.05) is 41.1 Å². The third kappa shape index (κ3) is 7.16. The Morgan fingerprint density at radius 3 is 2.41 bits per heavy atom. The molecule has 2 heterocycles. The molecule has 2 aromatic heterocycles. The molecule has 0 aliphatic heterocycles. The van der Waals surface area contributed by atoms with E-state index in [0.717, 1.165) is 73.9 Å². The lowest BCUT2D eigenvalue weighted by Gasteiger charge is -2.27. The summed E-state index contributed by atoms with van der Waals surface area (Å²) in [6.07, 6.45) is 9.69. The first-order valence-corrected chi connectivity index (χ1v) is 14.7. The van der Waals surface area contributed by atoms with Gasteiger partial charge < -0.3 is 10.6 Å². The van der Waals surface area contributed by atoms with E-state index in [1.165, 1.54) is 0 Å². The van der Waals surface area contributed by atoms with Gasteiger partial charge >= 0.3 is 0 Å². The Morgan fingerprint density at radius 1 is 1.07 bits per heavy atom. The van der Waals surface area contributed by atoms with Crippen molar-refractivity contribution >= 4 is 17.5 Å². The summed E-state index contributed by atoms with van der Waals surface area (Å²) >= 11 is 0. The highest BCUT2D eigenvalue weighted by molar-refractivity contribution is 6.01. The number of azide groups is 1. The number of hydrogen-bond donors (Lipinski definition) is 3. The summed E-state index contributed by atoms with van der Waals surface area (Å²) in [5, 5.41) is 21.5. The number of benzene rings is 1. The molecule has 1 aromatic carbocycles. The highest BCUT2D eigenvalue weighted by Gasteiger charge is 2.48. The number of unbranched alkanes of at least 4 members (excludes halogenated alkanes) is 3. The Hall–Kier alpha value is -4.11. The first kappa shape index (κ1) is 28.4. The minimum absolute atomic E-state index is 0.141. The van der Waals surface area contributed by atoms with Gasteiger partial charge in [-0.25, -0.2) is 0 Å². The van der Waals surface area contributed by atoms with Crippen LogP contribution in [0, 0.1) is 31.6 Å². The number of anilines is 1. The number of aryl methyl sites for hydroxylation is 3. The van der Waals surface area contributed by atoms with Gasteiger partial charge in [-0.15, -0.1) is 0 Å². The van der Waals surface area contributed by atoms with Crippen molar-refractivity contribution in [3.8, 4) is 11.1 Å². The molecule has 2 amide bonds. The van der Waals surface area contributed by atoms with E-state index in [1.807, 2.05) is 38.1 Å². The molecule has 2 aliphatic carbocycles. The number of amides is 2. The zero-order valence-corrected chi connectivity index (χ0v) is 23.8. The predicted octanol–water partition coefficient (Wildman–Crippen LogP) is 5.93. The van der Waals surface area contributed by atoms with Crippen molar-refractivity contribution in [2.24, 2.45) is 22.9 Å². The molecule has 5 rings (SSSR count). The summed E-state index contributed by atoms with van der Waals surface area (Å²) in [6.45, 7) is 5.09. The molecule has 3 aromatic rings. The highest BCUT2D eigenvalue weighted by atomic mass is 16.2. The normalized spacial score (nSPS) is 15.4. The number of carbonyl (C=O) groups excluding carboxylic acids is 2. The number of aromatic nitrogens is 4. The maximum Gasteiger partial charge on any atom is 0.270 e. The predicted molar refractivity (Wildman–Crippen MR) is 157 cm³/mol. The fourth-order valence-electron chi connectivity index (χ4n) is 5.91. The Bertz CT molecular complexity index is 1360. The van der Waals surface area contributed by atoms with E-state index in [1.54, 1.807) is 16.9 Å². The van der Waals surface area contributed by atoms with Crippen LogP contribution < -0.4 is 10.6 Å². The van der Waals surface area contributed by atoms with Crippen molar-refractivity contribution in [1.29, 1.82) is 0 Å². The van der Waals surface area contributed by atoms with Gasteiger partial charge in [0.1, 0.15) is 11.7 Å². The van der Waals surface area contributed by atoms with E-state index < -0.39 is 6.04 Å². The van der Waals surface area contributed by atoms with E-state index >= 15 is 0 Å². The number of hydrogen-bond acceptors (Lipinski definition) is 5. The van der Waals surface area contributed by atoms with Crippen LogP contribution in [0.4, 0.5) is 5.69 Å². The molecule has 2 aliphatic rings. The van der Waals surface area contributed by atoms with Crippen molar-refractivity contribution in [2.75, 3.05) is 11.9 Å². The Morgan fingerprint density at radius 2 is 1.78 bits per heavy atom.